The molecule has 2 rings (SSSR count). The molecule has 1 heterocycles. The first-order valence-corrected chi connectivity index (χ1v) is 5.40. The predicted octanol–water partition coefficient (Wildman–Crippen LogP) is 3.29. The van der Waals surface area contributed by atoms with Crippen molar-refractivity contribution in [2.24, 2.45) is 0 Å². The van der Waals surface area contributed by atoms with Crippen LogP contribution in [0.2, 0.25) is 0 Å². The number of aromatic nitrogens is 2. The molecule has 0 saturated carbocycles. The van der Waals surface area contributed by atoms with Crippen LogP contribution in [0.1, 0.15) is 25.6 Å². The topological polar surface area (TPSA) is 28.7 Å². The normalized spacial score (nSPS) is 11.4. The number of nitrogens with one attached hydrogen (secondary N) is 1. The number of benzene rings is 1. The Kier molecular flexibility index (Phi) is 2.27. The molecule has 2 nitrogen and oxygen atoms in total. The lowest BCUT2D eigenvalue weighted by Gasteiger charge is -1.95. The van der Waals surface area contributed by atoms with Crippen molar-refractivity contribution in [3.8, 4) is 0 Å². The van der Waals surface area contributed by atoms with Crippen LogP contribution < -0.4 is 0 Å². The average Bonchev–Trinajstić information content (AvgIpc) is 2.46. The molecule has 2 aromatic rings. The van der Waals surface area contributed by atoms with Gasteiger partial charge in [0.25, 0.3) is 0 Å². The van der Waals surface area contributed by atoms with Gasteiger partial charge < -0.3 is 4.98 Å². The summed E-state index contributed by atoms with van der Waals surface area (Å²) < 4.78 is 1.24. The van der Waals surface area contributed by atoms with Crippen molar-refractivity contribution in [2.75, 3.05) is 0 Å². The molecule has 0 saturated heterocycles. The molecule has 0 atom stereocenters. The molecule has 0 aliphatic rings. The van der Waals surface area contributed by atoms with Crippen LogP contribution in [0.4, 0.5) is 0 Å². The highest BCUT2D eigenvalue weighted by Gasteiger charge is 2.05. The highest BCUT2D eigenvalue weighted by atomic mass is 127. The van der Waals surface area contributed by atoms with Crippen LogP contribution in [0.15, 0.2) is 18.2 Å². The van der Waals surface area contributed by atoms with E-state index >= 15 is 0 Å². The Labute approximate surface area is 90.9 Å². The molecule has 1 N–H and O–H groups in total. The second-order valence-corrected chi connectivity index (χ2v) is 4.68. The molecule has 13 heavy (non-hydrogen) atoms. The van der Waals surface area contributed by atoms with Gasteiger partial charge in [0.1, 0.15) is 5.82 Å². The van der Waals surface area contributed by atoms with Crippen molar-refractivity contribution in [3.63, 3.8) is 0 Å². The Morgan fingerprint density at radius 1 is 1.38 bits per heavy atom. The van der Waals surface area contributed by atoms with Gasteiger partial charge in [0.2, 0.25) is 0 Å². The zero-order valence-corrected chi connectivity index (χ0v) is 9.79. The van der Waals surface area contributed by atoms with Crippen molar-refractivity contribution in [2.45, 2.75) is 19.8 Å². The SMILES string of the molecule is CC(C)c1nc2ccc(I)cc2[nH]1. The van der Waals surface area contributed by atoms with Gasteiger partial charge in [-0.05, 0) is 40.8 Å². The third-order valence-corrected chi connectivity index (χ3v) is 2.68. The van der Waals surface area contributed by atoms with Crippen LogP contribution >= 0.6 is 22.6 Å². The fraction of sp³-hybridized carbons (Fsp3) is 0.300. The number of fused-ring (bicyclic) bond motifs is 1. The molecule has 0 fully saturated rings. The van der Waals surface area contributed by atoms with Crippen molar-refractivity contribution >= 4 is 33.6 Å². The quantitative estimate of drug-likeness (QED) is 0.801. The number of aromatic amines is 1. The van der Waals surface area contributed by atoms with Crippen molar-refractivity contribution in [1.82, 2.24) is 9.97 Å². The maximum atomic E-state index is 4.49. The highest BCUT2D eigenvalue weighted by Crippen LogP contribution is 2.18. The lowest BCUT2D eigenvalue weighted by molar-refractivity contribution is 0.799. The van der Waals surface area contributed by atoms with E-state index in [1.165, 1.54) is 3.57 Å². The maximum Gasteiger partial charge on any atom is 0.109 e. The molecule has 0 unspecified atom stereocenters. The van der Waals surface area contributed by atoms with E-state index in [2.05, 4.69) is 64.6 Å². The van der Waals surface area contributed by atoms with Crippen LogP contribution in [0.3, 0.4) is 0 Å². The van der Waals surface area contributed by atoms with E-state index in [1.807, 2.05) is 0 Å². The summed E-state index contributed by atoms with van der Waals surface area (Å²) >= 11 is 2.31. The first kappa shape index (κ1) is 8.99. The number of halogens is 1. The fourth-order valence-electron chi connectivity index (χ4n) is 1.28. The zero-order chi connectivity index (χ0) is 9.42. The standard InChI is InChI=1S/C10H11IN2/c1-6(2)10-12-8-4-3-7(11)5-9(8)13-10/h3-6H,1-2H3,(H,12,13). The van der Waals surface area contributed by atoms with Gasteiger partial charge in [0, 0.05) is 9.49 Å². The van der Waals surface area contributed by atoms with Gasteiger partial charge in [-0.2, -0.15) is 0 Å². The van der Waals surface area contributed by atoms with Gasteiger partial charge in [0.15, 0.2) is 0 Å². The van der Waals surface area contributed by atoms with Crippen LogP contribution in [-0.2, 0) is 0 Å². The van der Waals surface area contributed by atoms with Gasteiger partial charge in [-0.1, -0.05) is 13.8 Å². The Hall–Kier alpha value is -0.580. The lowest BCUT2D eigenvalue weighted by Crippen LogP contribution is -1.88. The van der Waals surface area contributed by atoms with Gasteiger partial charge in [-0.3, -0.25) is 0 Å². The minimum Gasteiger partial charge on any atom is -0.342 e. The number of hydrogen-bond acceptors (Lipinski definition) is 1. The van der Waals surface area contributed by atoms with E-state index in [0.717, 1.165) is 16.9 Å². The number of hydrogen-bond donors (Lipinski definition) is 1. The maximum absolute atomic E-state index is 4.49. The van der Waals surface area contributed by atoms with Crippen LogP contribution in [0.5, 0.6) is 0 Å². The molecule has 0 aliphatic carbocycles. The summed E-state index contributed by atoms with van der Waals surface area (Å²) in [5, 5.41) is 0. The van der Waals surface area contributed by atoms with Gasteiger partial charge >= 0.3 is 0 Å². The van der Waals surface area contributed by atoms with E-state index in [9.17, 15) is 0 Å². The third-order valence-electron chi connectivity index (χ3n) is 2.01. The van der Waals surface area contributed by atoms with Crippen molar-refractivity contribution < 1.29 is 0 Å². The minimum absolute atomic E-state index is 0.463. The summed E-state index contributed by atoms with van der Waals surface area (Å²) in [6.07, 6.45) is 0. The molecule has 1 aromatic heterocycles. The summed E-state index contributed by atoms with van der Waals surface area (Å²) in [6.45, 7) is 4.28. The summed E-state index contributed by atoms with van der Waals surface area (Å²) in [4.78, 5) is 7.81. The third kappa shape index (κ3) is 1.70. The first-order valence-electron chi connectivity index (χ1n) is 4.32. The summed E-state index contributed by atoms with van der Waals surface area (Å²) in [5.74, 6) is 1.53. The molecule has 1 aromatic carbocycles. The molecule has 0 amide bonds. The fourth-order valence-corrected chi connectivity index (χ4v) is 1.77. The van der Waals surface area contributed by atoms with Crippen LogP contribution in [0, 0.1) is 3.57 Å². The Morgan fingerprint density at radius 3 is 2.85 bits per heavy atom. The molecule has 0 aliphatic heterocycles. The number of H-pyrrole nitrogens is 1. The summed E-state index contributed by atoms with van der Waals surface area (Å²) in [6, 6.07) is 6.25. The van der Waals surface area contributed by atoms with Crippen LogP contribution in [0.25, 0.3) is 11.0 Å². The number of nitrogens with zero attached hydrogens (tertiary/aromatic N) is 1. The Bertz CT molecular complexity index is 431. The molecule has 3 heteroatoms. The number of rotatable bonds is 1. The second-order valence-electron chi connectivity index (χ2n) is 3.44. The van der Waals surface area contributed by atoms with Gasteiger partial charge in [-0.15, -0.1) is 0 Å². The Balaban J connectivity index is 2.62. The molecular formula is C10H11IN2. The Morgan fingerprint density at radius 2 is 2.15 bits per heavy atom. The van der Waals surface area contributed by atoms with E-state index in [0.29, 0.717) is 5.92 Å². The first-order chi connectivity index (χ1) is 6.16. The van der Waals surface area contributed by atoms with Gasteiger partial charge in [-0.25, -0.2) is 4.98 Å². The van der Waals surface area contributed by atoms with Gasteiger partial charge in [0.05, 0.1) is 11.0 Å². The van der Waals surface area contributed by atoms with E-state index in [1.54, 1.807) is 0 Å². The van der Waals surface area contributed by atoms with Crippen LogP contribution in [-0.4, -0.2) is 9.97 Å². The monoisotopic (exact) mass is 286 g/mol. The minimum atomic E-state index is 0.463. The lowest BCUT2D eigenvalue weighted by atomic mass is 10.2. The highest BCUT2D eigenvalue weighted by molar-refractivity contribution is 14.1. The van der Waals surface area contributed by atoms with E-state index in [4.69, 9.17) is 0 Å². The smallest absolute Gasteiger partial charge is 0.109 e. The molecule has 0 bridgehead atoms. The predicted molar refractivity (Wildman–Crippen MR) is 62.9 cm³/mol. The second kappa shape index (κ2) is 3.29. The van der Waals surface area contributed by atoms with Crippen molar-refractivity contribution in [3.05, 3.63) is 27.6 Å². The molecule has 68 valence electrons. The number of imidazole rings is 1. The molecule has 0 spiro atoms. The molecular weight excluding hydrogens is 275 g/mol. The zero-order valence-electron chi connectivity index (χ0n) is 7.63. The summed E-state index contributed by atoms with van der Waals surface area (Å²) in [5.41, 5.74) is 2.19. The van der Waals surface area contributed by atoms with Crippen molar-refractivity contribution in [1.29, 1.82) is 0 Å². The largest absolute Gasteiger partial charge is 0.342 e. The summed E-state index contributed by atoms with van der Waals surface area (Å²) in [7, 11) is 0. The van der Waals surface area contributed by atoms with E-state index in [-0.39, 0.29) is 0 Å². The molecule has 0 radical (unpaired) electrons. The average molecular weight is 286 g/mol. The van der Waals surface area contributed by atoms with E-state index < -0.39 is 0 Å².